The van der Waals surface area contributed by atoms with Crippen LogP contribution in [0.5, 0.6) is 0 Å². The third-order valence-corrected chi connectivity index (χ3v) is 28.8. The topological polar surface area (TPSA) is 35.6 Å². The summed E-state index contributed by atoms with van der Waals surface area (Å²) in [6.45, 7) is 0. The number of para-hydroxylation sites is 3. The molecule has 3 heterocycles. The van der Waals surface area contributed by atoms with E-state index in [1.54, 1.807) is 0 Å². The van der Waals surface area contributed by atoms with Crippen LogP contribution in [0.2, 0.25) is 0 Å². The Morgan fingerprint density at radius 3 is 1.01 bits per heavy atom. The first kappa shape index (κ1) is 56.2. The van der Waals surface area contributed by atoms with Gasteiger partial charge >= 0.3 is 0 Å². The maximum atomic E-state index is 5.81. The van der Waals surface area contributed by atoms with Gasteiger partial charge in [0.15, 0.2) is 16.1 Å². The number of hydrogen-bond acceptors (Lipinski definition) is 2. The number of nitrogens with zero attached hydrogens (tertiary/aromatic N) is 4. The number of fused-ring (bicyclic) bond motifs is 7. The Morgan fingerprint density at radius 2 is 0.564 bits per heavy atom. The van der Waals surface area contributed by atoms with Gasteiger partial charge in [0, 0.05) is 38.4 Å². The Morgan fingerprint density at radius 1 is 0.213 bits per heavy atom. The molecule has 0 aliphatic rings. The molecule has 442 valence electrons. The Hall–Kier alpha value is -11.8. The first-order valence-corrected chi connectivity index (χ1v) is 36.3. The maximum absolute atomic E-state index is 5.81. The molecule has 0 bridgehead atoms. The quantitative estimate of drug-likeness (QED) is 0.0803. The van der Waals surface area contributed by atoms with Gasteiger partial charge in [0.05, 0.1) is 33.5 Å². The van der Waals surface area contributed by atoms with Gasteiger partial charge in [-0.25, -0.2) is 9.97 Å². The average molecular weight is 1230 g/mol. The van der Waals surface area contributed by atoms with Crippen LogP contribution in [0.15, 0.2) is 376 Å². The molecule has 0 N–H and O–H groups in total. The Kier molecular flexibility index (Phi) is 14.2. The molecule has 17 aromatic rings. The van der Waals surface area contributed by atoms with Crippen molar-refractivity contribution >= 4 is 101 Å². The van der Waals surface area contributed by atoms with Crippen molar-refractivity contribution in [2.24, 2.45) is 0 Å². The lowest BCUT2D eigenvalue weighted by Gasteiger charge is -2.35. The first-order chi connectivity index (χ1) is 46.6. The summed E-state index contributed by atoms with van der Waals surface area (Å²) in [7, 11) is -5.98. The summed E-state index contributed by atoms with van der Waals surface area (Å²) in [5.41, 5.74) is 13.9. The Labute approximate surface area is 549 Å². The standard InChI is InChI=1S/C88H62N4Si2/c1-8-28-63(29-9-1)67-32-26-44-76(60-67)93(70-36-14-4-15-37-70,71-38-16-5-17-39-71)74-54-50-65(51-55-74)81-62-82(66-52-56-75(57-53-66)94(72-40-18-6-19-41-72,73-42-20-7-21-43-73)77-45-27-33-68(61-77)64-30-10-2-11-31-64)90-88(89-81)92-83-48-24-22-46-78(83)79-58-59-85-86(87(79)92)80-47-23-25-49-84(80)91(85)69-34-12-3-13-35-69/h1-62H. The molecule has 17 rings (SSSR count). The fraction of sp³-hybridized carbons (Fsp3) is 0. The molecule has 0 unspecified atom stereocenters. The lowest BCUT2D eigenvalue weighted by molar-refractivity contribution is 0.998. The van der Waals surface area contributed by atoms with E-state index in [0.29, 0.717) is 5.95 Å². The van der Waals surface area contributed by atoms with Crippen molar-refractivity contribution in [3.05, 3.63) is 376 Å². The van der Waals surface area contributed by atoms with Crippen LogP contribution in [-0.2, 0) is 0 Å². The number of rotatable bonds is 14. The normalized spacial score (nSPS) is 11.8. The maximum Gasteiger partial charge on any atom is 0.235 e. The summed E-state index contributed by atoms with van der Waals surface area (Å²) in [6.07, 6.45) is 0. The summed E-state index contributed by atoms with van der Waals surface area (Å²) in [5.74, 6) is 0.598. The highest BCUT2D eigenvalue weighted by Crippen LogP contribution is 2.42. The van der Waals surface area contributed by atoms with E-state index in [2.05, 4.69) is 385 Å². The van der Waals surface area contributed by atoms with Crippen molar-refractivity contribution in [1.29, 1.82) is 0 Å². The summed E-state index contributed by atoms with van der Waals surface area (Å²) >= 11 is 0. The lowest BCUT2D eigenvalue weighted by Crippen LogP contribution is -2.74. The second-order valence-corrected chi connectivity index (χ2v) is 32.0. The van der Waals surface area contributed by atoms with Crippen LogP contribution in [0.1, 0.15) is 0 Å². The fourth-order valence-corrected chi connectivity index (χ4v) is 24.6. The van der Waals surface area contributed by atoms with Crippen molar-refractivity contribution < 1.29 is 0 Å². The molecule has 0 radical (unpaired) electrons. The molecule has 0 atom stereocenters. The van der Waals surface area contributed by atoms with Crippen LogP contribution in [0.4, 0.5) is 0 Å². The van der Waals surface area contributed by atoms with Crippen molar-refractivity contribution in [2.75, 3.05) is 0 Å². The summed E-state index contributed by atoms with van der Waals surface area (Å²) < 4.78 is 4.74. The van der Waals surface area contributed by atoms with E-state index in [-0.39, 0.29) is 0 Å². The Balaban J connectivity index is 0.901. The zero-order chi connectivity index (χ0) is 62.4. The molecule has 0 aliphatic carbocycles. The molecule has 0 spiro atoms. The largest absolute Gasteiger partial charge is 0.309 e. The van der Waals surface area contributed by atoms with E-state index in [1.165, 1.54) is 63.7 Å². The lowest BCUT2D eigenvalue weighted by atomic mass is 10.1. The molecule has 6 heteroatoms. The van der Waals surface area contributed by atoms with E-state index >= 15 is 0 Å². The van der Waals surface area contributed by atoms with E-state index in [4.69, 9.17) is 9.97 Å². The van der Waals surface area contributed by atoms with E-state index in [1.807, 2.05) is 0 Å². The van der Waals surface area contributed by atoms with E-state index in [9.17, 15) is 0 Å². The third kappa shape index (κ3) is 9.41. The van der Waals surface area contributed by atoms with Gasteiger partial charge in [-0.2, -0.15) is 0 Å². The molecule has 94 heavy (non-hydrogen) atoms. The van der Waals surface area contributed by atoms with Crippen LogP contribution in [0, 0.1) is 0 Å². The number of benzene rings is 14. The summed E-state index contributed by atoms with van der Waals surface area (Å²) in [6, 6.07) is 139. The Bertz CT molecular complexity index is 5260. The smallest absolute Gasteiger partial charge is 0.235 e. The van der Waals surface area contributed by atoms with E-state index < -0.39 is 16.1 Å². The highest BCUT2D eigenvalue weighted by Gasteiger charge is 2.43. The highest BCUT2D eigenvalue weighted by molar-refractivity contribution is 7.20. The predicted octanol–water partition coefficient (Wildman–Crippen LogP) is 16.1. The SMILES string of the molecule is c1ccc(-c2cccc([Si](c3ccccc3)(c3ccccc3)c3ccc(-c4cc(-c5ccc([Si](c6ccccc6)(c6ccccc6)c6cccc(-c7ccccc7)c6)cc5)nc(-n5c6ccccc6c6ccc7c(c8ccccc8n7-c7ccccc7)c65)n4)cc3)c2)cc1. The number of hydrogen-bond donors (Lipinski definition) is 0. The van der Waals surface area contributed by atoms with Crippen LogP contribution in [0.25, 0.3) is 100 Å². The second kappa shape index (κ2) is 23.8. The van der Waals surface area contributed by atoms with Gasteiger partial charge in [-0.15, -0.1) is 0 Å². The number of aromatic nitrogens is 4. The van der Waals surface area contributed by atoms with Crippen LogP contribution >= 0.6 is 0 Å². The third-order valence-electron chi connectivity index (χ3n) is 19.3. The van der Waals surface area contributed by atoms with Gasteiger partial charge in [-0.05, 0) is 100 Å². The molecule has 0 aliphatic heterocycles. The van der Waals surface area contributed by atoms with Gasteiger partial charge in [-0.3, -0.25) is 4.57 Å². The molecule has 0 amide bonds. The highest BCUT2D eigenvalue weighted by atomic mass is 28.3. The minimum atomic E-state index is -2.99. The molecule has 0 fully saturated rings. The molecule has 0 saturated carbocycles. The van der Waals surface area contributed by atoms with Crippen molar-refractivity contribution in [3.63, 3.8) is 0 Å². The van der Waals surface area contributed by atoms with Crippen LogP contribution < -0.4 is 41.5 Å². The van der Waals surface area contributed by atoms with Gasteiger partial charge in [0.25, 0.3) is 0 Å². The van der Waals surface area contributed by atoms with E-state index in [0.717, 1.165) is 71.8 Å². The average Bonchev–Trinajstić information content (AvgIpc) is 1.46. The molecule has 3 aromatic heterocycles. The van der Waals surface area contributed by atoms with Gasteiger partial charge in [-0.1, -0.05) is 340 Å². The van der Waals surface area contributed by atoms with Crippen molar-refractivity contribution in [2.45, 2.75) is 0 Å². The zero-order valence-electron chi connectivity index (χ0n) is 51.6. The van der Waals surface area contributed by atoms with Crippen molar-refractivity contribution in [1.82, 2.24) is 19.1 Å². The monoisotopic (exact) mass is 1230 g/mol. The minimum Gasteiger partial charge on any atom is -0.309 e. The van der Waals surface area contributed by atoms with Crippen LogP contribution in [0.3, 0.4) is 0 Å². The van der Waals surface area contributed by atoms with Crippen LogP contribution in [-0.4, -0.2) is 35.2 Å². The minimum absolute atomic E-state index is 0.598. The van der Waals surface area contributed by atoms with Gasteiger partial charge < -0.3 is 4.57 Å². The zero-order valence-corrected chi connectivity index (χ0v) is 53.6. The molecule has 14 aromatic carbocycles. The summed E-state index contributed by atoms with van der Waals surface area (Å²) in [5, 5.41) is 15.0. The fourth-order valence-electron chi connectivity index (χ4n) is 15.1. The predicted molar refractivity (Wildman–Crippen MR) is 400 cm³/mol. The van der Waals surface area contributed by atoms with Gasteiger partial charge in [0.2, 0.25) is 5.95 Å². The van der Waals surface area contributed by atoms with Gasteiger partial charge in [0.1, 0.15) is 0 Å². The molecular formula is C88H62N4Si2. The second-order valence-electron chi connectivity index (χ2n) is 24.3. The first-order valence-electron chi connectivity index (χ1n) is 32.3. The molecule has 4 nitrogen and oxygen atoms in total. The molecular weight excluding hydrogens is 1170 g/mol. The summed E-state index contributed by atoms with van der Waals surface area (Å²) in [4.78, 5) is 11.6. The van der Waals surface area contributed by atoms with Crippen molar-refractivity contribution in [3.8, 4) is 56.4 Å². The molecule has 0 saturated heterocycles.